The Morgan fingerprint density at radius 3 is 2.70 bits per heavy atom. The van der Waals surface area contributed by atoms with Crippen molar-refractivity contribution in [3.8, 4) is 17.0 Å². The molecule has 0 aliphatic heterocycles. The minimum Gasteiger partial charge on any atom is -0.490 e. The van der Waals surface area contributed by atoms with Gasteiger partial charge in [0, 0.05) is 17.8 Å². The molecule has 3 aromatic rings. The predicted octanol–water partition coefficient (Wildman–Crippen LogP) is 5.40. The van der Waals surface area contributed by atoms with Crippen molar-refractivity contribution in [2.24, 2.45) is 0 Å². The van der Waals surface area contributed by atoms with Gasteiger partial charge in [0.05, 0.1) is 28.3 Å². The smallest absolute Gasteiger partial charge is 0.279 e. The van der Waals surface area contributed by atoms with E-state index in [2.05, 4.69) is 22.4 Å². The number of benzene rings is 2. The van der Waals surface area contributed by atoms with Crippen LogP contribution in [0.25, 0.3) is 11.3 Å². The van der Waals surface area contributed by atoms with Crippen LogP contribution >= 0.6 is 0 Å². The van der Waals surface area contributed by atoms with Crippen LogP contribution in [0.15, 0.2) is 60.8 Å². The van der Waals surface area contributed by atoms with E-state index in [0.717, 1.165) is 44.1 Å². The molecule has 168 valence electrons. The maximum atomic E-state index is 13.1. The van der Waals surface area contributed by atoms with Crippen LogP contribution in [-0.2, 0) is 6.42 Å². The molecule has 0 unspecified atom stereocenters. The number of fused-ring (bicyclic) bond motifs is 1. The second-order valence-corrected chi connectivity index (χ2v) is 8.65. The fourth-order valence-electron chi connectivity index (χ4n) is 4.50. The van der Waals surface area contributed by atoms with E-state index in [1.165, 1.54) is 17.8 Å². The van der Waals surface area contributed by atoms with Gasteiger partial charge >= 0.3 is 0 Å². The third-order valence-corrected chi connectivity index (χ3v) is 6.49. The van der Waals surface area contributed by atoms with Crippen LogP contribution in [0.5, 0.6) is 5.75 Å². The quantitative estimate of drug-likeness (QED) is 0.407. The monoisotopic (exact) mass is 443 g/mol. The molecular formula is C26H25N3O4. The number of hydrogen-bond donors (Lipinski definition) is 1. The molecular weight excluding hydrogens is 418 g/mol. The highest BCUT2D eigenvalue weighted by atomic mass is 16.6. The molecule has 0 spiro atoms. The van der Waals surface area contributed by atoms with E-state index in [4.69, 9.17) is 4.74 Å². The maximum absolute atomic E-state index is 13.1. The summed E-state index contributed by atoms with van der Waals surface area (Å²) >= 11 is 0. The zero-order chi connectivity index (χ0) is 22.8. The van der Waals surface area contributed by atoms with E-state index in [9.17, 15) is 14.9 Å². The Labute approximate surface area is 192 Å². The largest absolute Gasteiger partial charge is 0.490 e. The number of aryl methyl sites for hydroxylation is 1. The summed E-state index contributed by atoms with van der Waals surface area (Å²) in [5, 5.41) is 14.8. The van der Waals surface area contributed by atoms with Gasteiger partial charge in [0.1, 0.15) is 5.75 Å². The van der Waals surface area contributed by atoms with Crippen LogP contribution in [-0.4, -0.2) is 21.9 Å². The van der Waals surface area contributed by atoms with Gasteiger partial charge in [-0.25, -0.2) is 0 Å². The number of pyridine rings is 1. The Bertz CT molecular complexity index is 1210. The van der Waals surface area contributed by atoms with Crippen LogP contribution in [0.2, 0.25) is 0 Å². The molecule has 7 heteroatoms. The van der Waals surface area contributed by atoms with Gasteiger partial charge in [0.15, 0.2) is 0 Å². The van der Waals surface area contributed by atoms with Crippen molar-refractivity contribution in [1.29, 1.82) is 0 Å². The first kappa shape index (κ1) is 21.1. The van der Waals surface area contributed by atoms with Crippen LogP contribution in [0.3, 0.4) is 0 Å². The van der Waals surface area contributed by atoms with Crippen molar-refractivity contribution >= 4 is 11.6 Å². The van der Waals surface area contributed by atoms with E-state index < -0.39 is 4.92 Å². The number of ether oxygens (including phenoxy) is 1. The zero-order valence-corrected chi connectivity index (χ0v) is 18.2. The number of nitrogens with zero attached hydrogens (tertiary/aromatic N) is 2. The van der Waals surface area contributed by atoms with Crippen LogP contribution in [0.1, 0.15) is 59.6 Å². The van der Waals surface area contributed by atoms with Gasteiger partial charge in [0.2, 0.25) is 0 Å². The van der Waals surface area contributed by atoms with Crippen molar-refractivity contribution in [2.45, 2.75) is 50.7 Å². The molecule has 2 aliphatic carbocycles. The Hall–Kier alpha value is -3.74. The second kappa shape index (κ2) is 9.02. The highest BCUT2D eigenvalue weighted by molar-refractivity contribution is 5.95. The van der Waals surface area contributed by atoms with Crippen LogP contribution < -0.4 is 10.1 Å². The van der Waals surface area contributed by atoms with E-state index in [1.807, 2.05) is 12.1 Å². The summed E-state index contributed by atoms with van der Waals surface area (Å²) in [5.74, 6) is 0.362. The molecule has 33 heavy (non-hydrogen) atoms. The van der Waals surface area contributed by atoms with Crippen LogP contribution in [0, 0.1) is 10.1 Å². The first-order valence-corrected chi connectivity index (χ1v) is 11.4. The normalized spacial score (nSPS) is 17.5. The Kier molecular flexibility index (Phi) is 5.77. The number of rotatable bonds is 6. The zero-order valence-electron chi connectivity index (χ0n) is 18.2. The molecule has 1 amide bonds. The topological polar surface area (TPSA) is 94.4 Å². The highest BCUT2D eigenvalue weighted by Gasteiger charge is 2.24. The Morgan fingerprint density at radius 2 is 1.91 bits per heavy atom. The standard InChI is InChI=1S/C26H25N3O4/c30-26(28-23-10-3-6-17-5-1-2-9-21(17)23)18-13-14-27-24(15-18)22-16-20(33-19-7-4-8-19)11-12-25(22)29(31)32/h1-2,5,9,11-16,19,23H,3-4,6-8,10H2,(H,28,30)/t23-/m0/s1. The Morgan fingerprint density at radius 1 is 1.06 bits per heavy atom. The van der Waals surface area contributed by atoms with E-state index in [0.29, 0.717) is 22.6 Å². The van der Waals surface area contributed by atoms with Gasteiger partial charge in [-0.05, 0) is 73.9 Å². The fraction of sp³-hybridized carbons (Fsp3) is 0.308. The second-order valence-electron chi connectivity index (χ2n) is 8.65. The Balaban J connectivity index is 1.42. The fourth-order valence-corrected chi connectivity index (χ4v) is 4.50. The van der Waals surface area contributed by atoms with Crippen molar-refractivity contribution in [3.05, 3.63) is 87.6 Å². The molecule has 1 saturated carbocycles. The molecule has 1 N–H and O–H groups in total. The number of aromatic nitrogens is 1. The maximum Gasteiger partial charge on any atom is 0.279 e. The molecule has 1 aromatic heterocycles. The van der Waals surface area contributed by atoms with E-state index >= 15 is 0 Å². The number of carbonyl (C=O) groups is 1. The minimum absolute atomic E-state index is 0.0485. The van der Waals surface area contributed by atoms with Crippen molar-refractivity contribution in [1.82, 2.24) is 10.3 Å². The van der Waals surface area contributed by atoms with Crippen molar-refractivity contribution in [3.63, 3.8) is 0 Å². The van der Waals surface area contributed by atoms with E-state index in [1.54, 1.807) is 24.3 Å². The molecule has 1 fully saturated rings. The molecule has 0 saturated heterocycles. The molecule has 1 atom stereocenters. The summed E-state index contributed by atoms with van der Waals surface area (Å²) in [6.07, 6.45) is 7.70. The average molecular weight is 444 g/mol. The number of nitro benzene ring substituents is 1. The molecule has 2 aliphatic rings. The predicted molar refractivity (Wildman–Crippen MR) is 124 cm³/mol. The molecule has 2 aromatic carbocycles. The summed E-state index contributed by atoms with van der Waals surface area (Å²) in [5.41, 5.74) is 3.49. The summed E-state index contributed by atoms with van der Waals surface area (Å²) in [6, 6.07) is 16.1. The lowest BCUT2D eigenvalue weighted by Gasteiger charge is -2.26. The molecule has 0 bridgehead atoms. The number of nitrogens with one attached hydrogen (secondary N) is 1. The van der Waals surface area contributed by atoms with Crippen molar-refractivity contribution in [2.75, 3.05) is 0 Å². The first-order valence-electron chi connectivity index (χ1n) is 11.4. The third-order valence-electron chi connectivity index (χ3n) is 6.49. The lowest BCUT2D eigenvalue weighted by Crippen LogP contribution is -2.31. The van der Waals surface area contributed by atoms with Crippen LogP contribution in [0.4, 0.5) is 5.69 Å². The highest BCUT2D eigenvalue weighted by Crippen LogP contribution is 2.35. The number of carbonyl (C=O) groups excluding carboxylic acids is 1. The lowest BCUT2D eigenvalue weighted by molar-refractivity contribution is -0.384. The number of hydrogen-bond acceptors (Lipinski definition) is 5. The molecule has 0 radical (unpaired) electrons. The van der Waals surface area contributed by atoms with Gasteiger partial charge < -0.3 is 10.1 Å². The SMILES string of the molecule is O=C(N[C@H]1CCCc2ccccc21)c1ccnc(-c2cc(OC3CCC3)ccc2[N+](=O)[O-])c1. The minimum atomic E-state index is -0.435. The molecule has 1 heterocycles. The number of nitro groups is 1. The van der Waals surface area contributed by atoms with Gasteiger partial charge in [-0.15, -0.1) is 0 Å². The summed E-state index contributed by atoms with van der Waals surface area (Å²) in [7, 11) is 0. The summed E-state index contributed by atoms with van der Waals surface area (Å²) in [6.45, 7) is 0. The van der Waals surface area contributed by atoms with Crippen molar-refractivity contribution < 1.29 is 14.5 Å². The summed E-state index contributed by atoms with van der Waals surface area (Å²) in [4.78, 5) is 28.6. The first-order chi connectivity index (χ1) is 16.1. The third kappa shape index (κ3) is 4.44. The molecule has 5 rings (SSSR count). The summed E-state index contributed by atoms with van der Waals surface area (Å²) < 4.78 is 5.93. The number of amides is 1. The van der Waals surface area contributed by atoms with Gasteiger partial charge in [-0.1, -0.05) is 24.3 Å². The van der Waals surface area contributed by atoms with E-state index in [-0.39, 0.29) is 23.7 Å². The molecule has 7 nitrogen and oxygen atoms in total. The van der Waals surface area contributed by atoms with Gasteiger partial charge in [-0.2, -0.15) is 0 Å². The lowest BCUT2D eigenvalue weighted by atomic mass is 9.87. The van der Waals surface area contributed by atoms with Gasteiger partial charge in [-0.3, -0.25) is 19.9 Å². The average Bonchev–Trinajstić information content (AvgIpc) is 2.81. The van der Waals surface area contributed by atoms with Gasteiger partial charge in [0.25, 0.3) is 11.6 Å².